The van der Waals surface area contributed by atoms with E-state index in [2.05, 4.69) is 15.3 Å². The van der Waals surface area contributed by atoms with Gasteiger partial charge in [-0.1, -0.05) is 0 Å². The first-order valence-electron chi connectivity index (χ1n) is 7.62. The van der Waals surface area contributed by atoms with Gasteiger partial charge in [-0.15, -0.1) is 11.3 Å². The van der Waals surface area contributed by atoms with Gasteiger partial charge in [0.05, 0.1) is 12.2 Å². The summed E-state index contributed by atoms with van der Waals surface area (Å²) >= 11 is 1.38. The van der Waals surface area contributed by atoms with Gasteiger partial charge in [0.2, 0.25) is 0 Å². The number of carbonyl (C=O) groups excluding carboxylic acids is 2. The van der Waals surface area contributed by atoms with E-state index in [0.29, 0.717) is 23.6 Å². The van der Waals surface area contributed by atoms with Crippen molar-refractivity contribution >= 4 is 28.9 Å². The van der Waals surface area contributed by atoms with E-state index in [1.54, 1.807) is 49.0 Å². The van der Waals surface area contributed by atoms with Gasteiger partial charge in [0.1, 0.15) is 10.7 Å². The zero-order valence-electron chi connectivity index (χ0n) is 13.4. The number of nitrogens with one attached hydrogen (secondary N) is 1. The summed E-state index contributed by atoms with van der Waals surface area (Å²) in [6, 6.07) is 10.2. The van der Waals surface area contributed by atoms with E-state index < -0.39 is 0 Å². The molecule has 0 saturated carbocycles. The number of carbonyl (C=O) groups is 2. The van der Waals surface area contributed by atoms with E-state index in [4.69, 9.17) is 4.74 Å². The van der Waals surface area contributed by atoms with Crippen molar-refractivity contribution in [1.29, 1.82) is 0 Å². The number of pyridine rings is 1. The Labute approximate surface area is 148 Å². The number of thiazole rings is 1. The van der Waals surface area contributed by atoms with Gasteiger partial charge in [0.25, 0.3) is 5.91 Å². The topological polar surface area (TPSA) is 81.2 Å². The van der Waals surface area contributed by atoms with Gasteiger partial charge >= 0.3 is 5.97 Å². The molecule has 0 aliphatic carbocycles. The van der Waals surface area contributed by atoms with Crippen LogP contribution < -0.4 is 5.32 Å². The van der Waals surface area contributed by atoms with Crippen LogP contribution in [0.25, 0.3) is 10.6 Å². The Balaban J connectivity index is 1.68. The zero-order valence-corrected chi connectivity index (χ0v) is 14.2. The summed E-state index contributed by atoms with van der Waals surface area (Å²) in [5, 5.41) is 5.19. The van der Waals surface area contributed by atoms with Crippen molar-refractivity contribution in [1.82, 2.24) is 9.97 Å². The van der Waals surface area contributed by atoms with Gasteiger partial charge in [-0.3, -0.25) is 9.78 Å². The number of hydrogen-bond acceptors (Lipinski definition) is 6. The standard InChI is InChI=1S/C18H15N3O3S/c1-2-24-18(23)12-5-7-14(8-6-12)20-16(22)15-11-25-17(21-15)13-4-3-9-19-10-13/h3-11H,2H2,1H3,(H,20,22). The second-order valence-electron chi connectivity index (χ2n) is 5.03. The van der Waals surface area contributed by atoms with E-state index in [9.17, 15) is 9.59 Å². The van der Waals surface area contributed by atoms with Crippen LogP contribution in [0.1, 0.15) is 27.8 Å². The zero-order chi connectivity index (χ0) is 17.6. The SMILES string of the molecule is CCOC(=O)c1ccc(NC(=O)c2csc(-c3cccnc3)n2)cc1. The molecule has 3 rings (SSSR count). The molecule has 1 aromatic carbocycles. The molecule has 0 saturated heterocycles. The molecule has 3 aromatic rings. The average molecular weight is 353 g/mol. The molecule has 1 N–H and O–H groups in total. The van der Waals surface area contributed by atoms with E-state index in [1.807, 2.05) is 12.1 Å². The maximum atomic E-state index is 12.3. The van der Waals surface area contributed by atoms with E-state index in [1.165, 1.54) is 11.3 Å². The molecule has 1 amide bonds. The number of ether oxygens (including phenoxy) is 1. The van der Waals surface area contributed by atoms with E-state index in [-0.39, 0.29) is 11.9 Å². The molecule has 2 heterocycles. The van der Waals surface area contributed by atoms with Gasteiger partial charge in [0, 0.05) is 29.0 Å². The number of anilines is 1. The Bertz CT molecular complexity index is 876. The van der Waals surface area contributed by atoms with Crippen LogP contribution in [0.2, 0.25) is 0 Å². The van der Waals surface area contributed by atoms with Crippen LogP contribution in [0.5, 0.6) is 0 Å². The molecule has 0 atom stereocenters. The second kappa shape index (κ2) is 7.67. The monoisotopic (exact) mass is 353 g/mol. The maximum absolute atomic E-state index is 12.3. The van der Waals surface area contributed by atoms with Crippen molar-refractivity contribution in [2.75, 3.05) is 11.9 Å². The molecule has 0 aliphatic heterocycles. The minimum absolute atomic E-state index is 0.310. The fourth-order valence-electron chi connectivity index (χ4n) is 2.10. The molecular formula is C18H15N3O3S. The molecule has 0 spiro atoms. The predicted octanol–water partition coefficient (Wildman–Crippen LogP) is 3.63. The number of nitrogens with zero attached hydrogens (tertiary/aromatic N) is 2. The summed E-state index contributed by atoms with van der Waals surface area (Å²) in [6.45, 7) is 2.07. The lowest BCUT2D eigenvalue weighted by Crippen LogP contribution is -2.12. The minimum Gasteiger partial charge on any atom is -0.462 e. The molecule has 126 valence electrons. The van der Waals surface area contributed by atoms with Crippen LogP contribution in [0.15, 0.2) is 54.2 Å². The molecule has 0 bridgehead atoms. The lowest BCUT2D eigenvalue weighted by Gasteiger charge is -2.05. The highest BCUT2D eigenvalue weighted by Gasteiger charge is 2.13. The Kier molecular flexibility index (Phi) is 5.15. The fraction of sp³-hybridized carbons (Fsp3) is 0.111. The van der Waals surface area contributed by atoms with Crippen LogP contribution in [0, 0.1) is 0 Å². The Hall–Kier alpha value is -3.06. The highest BCUT2D eigenvalue weighted by molar-refractivity contribution is 7.13. The van der Waals surface area contributed by atoms with Crippen molar-refractivity contribution in [3.8, 4) is 10.6 Å². The smallest absolute Gasteiger partial charge is 0.338 e. The molecule has 7 heteroatoms. The van der Waals surface area contributed by atoms with Crippen LogP contribution in [-0.2, 0) is 4.74 Å². The number of amides is 1. The predicted molar refractivity (Wildman–Crippen MR) is 95.7 cm³/mol. The third-order valence-corrected chi connectivity index (χ3v) is 4.19. The van der Waals surface area contributed by atoms with Crippen LogP contribution in [0.3, 0.4) is 0 Å². The molecule has 0 radical (unpaired) electrons. The Morgan fingerprint density at radius 2 is 2.00 bits per heavy atom. The van der Waals surface area contributed by atoms with Crippen LogP contribution in [-0.4, -0.2) is 28.5 Å². The lowest BCUT2D eigenvalue weighted by molar-refractivity contribution is 0.0526. The third kappa shape index (κ3) is 4.07. The largest absolute Gasteiger partial charge is 0.462 e. The number of rotatable bonds is 5. The summed E-state index contributed by atoms with van der Waals surface area (Å²) < 4.78 is 4.92. The highest BCUT2D eigenvalue weighted by atomic mass is 32.1. The van der Waals surface area contributed by atoms with Crippen molar-refractivity contribution in [3.05, 3.63) is 65.4 Å². The first-order chi connectivity index (χ1) is 12.2. The number of hydrogen-bond donors (Lipinski definition) is 1. The molecule has 2 aromatic heterocycles. The third-order valence-electron chi connectivity index (χ3n) is 3.30. The van der Waals surface area contributed by atoms with Crippen LogP contribution in [0.4, 0.5) is 5.69 Å². The number of benzene rings is 1. The average Bonchev–Trinajstić information content (AvgIpc) is 3.13. The van der Waals surface area contributed by atoms with Crippen LogP contribution >= 0.6 is 11.3 Å². The maximum Gasteiger partial charge on any atom is 0.338 e. The van der Waals surface area contributed by atoms with Crippen molar-refractivity contribution in [2.24, 2.45) is 0 Å². The molecule has 0 fully saturated rings. The van der Waals surface area contributed by atoms with Crippen molar-refractivity contribution in [3.63, 3.8) is 0 Å². The highest BCUT2D eigenvalue weighted by Crippen LogP contribution is 2.23. The molecular weight excluding hydrogens is 338 g/mol. The minimum atomic E-state index is -0.388. The van der Waals surface area contributed by atoms with Crippen molar-refractivity contribution in [2.45, 2.75) is 6.92 Å². The van der Waals surface area contributed by atoms with Gasteiger partial charge < -0.3 is 10.1 Å². The lowest BCUT2D eigenvalue weighted by atomic mass is 10.2. The first kappa shape index (κ1) is 16.8. The van der Waals surface area contributed by atoms with Gasteiger partial charge in [-0.2, -0.15) is 0 Å². The summed E-state index contributed by atoms with van der Waals surface area (Å²) in [4.78, 5) is 32.3. The summed E-state index contributed by atoms with van der Waals surface area (Å²) in [5.41, 5.74) is 2.21. The van der Waals surface area contributed by atoms with Gasteiger partial charge in [0.15, 0.2) is 0 Å². The Morgan fingerprint density at radius 3 is 2.68 bits per heavy atom. The molecule has 0 aliphatic rings. The van der Waals surface area contributed by atoms with Crippen molar-refractivity contribution < 1.29 is 14.3 Å². The van der Waals surface area contributed by atoms with E-state index >= 15 is 0 Å². The normalized spacial score (nSPS) is 10.3. The van der Waals surface area contributed by atoms with E-state index in [0.717, 1.165) is 10.6 Å². The molecule has 0 unspecified atom stereocenters. The number of aromatic nitrogens is 2. The quantitative estimate of drug-likeness (QED) is 0.708. The summed E-state index contributed by atoms with van der Waals surface area (Å²) in [6.07, 6.45) is 3.39. The Morgan fingerprint density at radius 1 is 1.20 bits per heavy atom. The fourth-order valence-corrected chi connectivity index (χ4v) is 2.89. The molecule has 25 heavy (non-hydrogen) atoms. The summed E-state index contributed by atoms with van der Waals surface area (Å²) in [5.74, 6) is -0.698. The second-order valence-corrected chi connectivity index (χ2v) is 5.89. The number of esters is 1. The van der Waals surface area contributed by atoms with Gasteiger partial charge in [-0.05, 0) is 43.3 Å². The van der Waals surface area contributed by atoms with Gasteiger partial charge in [-0.25, -0.2) is 9.78 Å². The summed E-state index contributed by atoms with van der Waals surface area (Å²) in [7, 11) is 0. The molecule has 6 nitrogen and oxygen atoms in total. The first-order valence-corrected chi connectivity index (χ1v) is 8.50.